The maximum Gasteiger partial charge on any atom is 0.269 e. The monoisotopic (exact) mass is 166 g/mol. The Hall–Kier alpha value is -0.220. The Labute approximate surface area is 64.2 Å². The van der Waals surface area contributed by atoms with Gasteiger partial charge in [-0.05, 0) is 18.8 Å². The zero-order chi connectivity index (χ0) is 8.48. The summed E-state index contributed by atoms with van der Waals surface area (Å²) in [6.45, 7) is -0.269. The molecule has 0 aromatic carbocycles. The van der Waals surface area contributed by atoms with E-state index < -0.39 is 12.0 Å². The molecule has 1 atom stereocenters. The van der Waals surface area contributed by atoms with E-state index >= 15 is 0 Å². The fourth-order valence-electron chi connectivity index (χ4n) is 1.17. The van der Waals surface area contributed by atoms with Crippen LogP contribution in [0.15, 0.2) is 0 Å². The van der Waals surface area contributed by atoms with E-state index in [0.717, 1.165) is 0 Å². The third-order valence-corrected chi connectivity index (χ3v) is 2.04. The van der Waals surface area contributed by atoms with Gasteiger partial charge in [-0.15, -0.1) is 0 Å². The second-order valence-electron chi connectivity index (χ2n) is 3.00. The van der Waals surface area contributed by atoms with Crippen LogP contribution in [0, 0.1) is 5.92 Å². The van der Waals surface area contributed by atoms with Crippen molar-refractivity contribution < 1.29 is 18.6 Å². The molecule has 1 fully saturated rings. The molecular weight excluding hydrogens is 154 g/mol. The zero-order valence-corrected chi connectivity index (χ0v) is 6.39. The summed E-state index contributed by atoms with van der Waals surface area (Å²) in [6.07, 6.45) is -1.33. The van der Waals surface area contributed by atoms with Crippen LogP contribution in [0.1, 0.15) is 12.8 Å². The van der Waals surface area contributed by atoms with Crippen LogP contribution >= 0.6 is 0 Å². The van der Waals surface area contributed by atoms with E-state index in [-0.39, 0.29) is 12.5 Å². The van der Waals surface area contributed by atoms with Crippen LogP contribution in [-0.2, 0) is 4.74 Å². The second-order valence-corrected chi connectivity index (χ2v) is 3.00. The van der Waals surface area contributed by atoms with Gasteiger partial charge in [-0.3, -0.25) is 0 Å². The Kier molecular flexibility index (Phi) is 2.44. The molecule has 0 saturated heterocycles. The van der Waals surface area contributed by atoms with Crippen LogP contribution in [0.3, 0.4) is 0 Å². The molecule has 4 heteroatoms. The van der Waals surface area contributed by atoms with Crippen molar-refractivity contribution in [1.82, 2.24) is 0 Å². The Morgan fingerprint density at radius 1 is 1.64 bits per heavy atom. The van der Waals surface area contributed by atoms with Crippen LogP contribution in [0.25, 0.3) is 0 Å². The quantitative estimate of drug-likeness (QED) is 0.676. The average Bonchev–Trinajstić information content (AvgIpc) is 2.68. The number of ether oxygens (including phenoxy) is 1. The minimum atomic E-state index is -2.70. The highest BCUT2D eigenvalue weighted by Crippen LogP contribution is 2.42. The van der Waals surface area contributed by atoms with Gasteiger partial charge in [0.25, 0.3) is 6.43 Å². The lowest BCUT2D eigenvalue weighted by Crippen LogP contribution is -2.44. The molecule has 0 aliphatic heterocycles. The molecule has 1 saturated carbocycles. The highest BCUT2D eigenvalue weighted by Gasteiger charge is 2.50. The lowest BCUT2D eigenvalue weighted by molar-refractivity contribution is -0.143. The lowest BCUT2D eigenvalue weighted by Gasteiger charge is -2.25. The van der Waals surface area contributed by atoms with E-state index in [0.29, 0.717) is 12.8 Å². The Balaban J connectivity index is 2.53. The van der Waals surface area contributed by atoms with E-state index in [1.54, 1.807) is 0 Å². The van der Waals surface area contributed by atoms with Gasteiger partial charge in [0.15, 0.2) is 5.60 Å². The standard InChI is InChI=1S/C7H12F2O2/c1-11-4-7(10,6(8)9)5-2-3-5/h5-6,10H,2-4H2,1H3. The van der Waals surface area contributed by atoms with E-state index in [1.807, 2.05) is 0 Å². The van der Waals surface area contributed by atoms with Crippen molar-refractivity contribution in [3.63, 3.8) is 0 Å². The summed E-state index contributed by atoms with van der Waals surface area (Å²) in [5, 5.41) is 9.35. The maximum absolute atomic E-state index is 12.2. The SMILES string of the molecule is COCC(O)(C(F)F)C1CC1. The number of aliphatic hydroxyl groups is 1. The smallest absolute Gasteiger partial charge is 0.269 e. The van der Waals surface area contributed by atoms with Crippen molar-refractivity contribution in [2.24, 2.45) is 5.92 Å². The van der Waals surface area contributed by atoms with Gasteiger partial charge in [0.05, 0.1) is 6.61 Å². The van der Waals surface area contributed by atoms with Gasteiger partial charge in [0, 0.05) is 7.11 Å². The minimum absolute atomic E-state index is 0.262. The van der Waals surface area contributed by atoms with Gasteiger partial charge in [0.1, 0.15) is 0 Å². The molecule has 11 heavy (non-hydrogen) atoms. The molecule has 1 unspecified atom stereocenters. The molecule has 0 spiro atoms. The number of halogens is 2. The first kappa shape index (κ1) is 8.87. The second kappa shape index (κ2) is 3.03. The van der Waals surface area contributed by atoms with Crippen molar-refractivity contribution in [3.8, 4) is 0 Å². The molecular formula is C7H12F2O2. The van der Waals surface area contributed by atoms with Crippen LogP contribution < -0.4 is 0 Å². The van der Waals surface area contributed by atoms with Crippen molar-refractivity contribution >= 4 is 0 Å². The van der Waals surface area contributed by atoms with Crippen molar-refractivity contribution in [2.75, 3.05) is 13.7 Å². The molecule has 0 bridgehead atoms. The fraction of sp³-hybridized carbons (Fsp3) is 1.00. The first-order valence-corrected chi connectivity index (χ1v) is 3.60. The van der Waals surface area contributed by atoms with Crippen LogP contribution in [0.5, 0.6) is 0 Å². The molecule has 2 nitrogen and oxygen atoms in total. The zero-order valence-electron chi connectivity index (χ0n) is 6.39. The summed E-state index contributed by atoms with van der Waals surface area (Å²) < 4.78 is 29.0. The van der Waals surface area contributed by atoms with E-state index in [4.69, 9.17) is 0 Å². The van der Waals surface area contributed by atoms with Gasteiger partial charge in [-0.2, -0.15) is 0 Å². The van der Waals surface area contributed by atoms with Crippen molar-refractivity contribution in [2.45, 2.75) is 24.9 Å². The highest BCUT2D eigenvalue weighted by atomic mass is 19.3. The van der Waals surface area contributed by atoms with Gasteiger partial charge in [-0.1, -0.05) is 0 Å². The largest absolute Gasteiger partial charge is 0.381 e. The van der Waals surface area contributed by atoms with Gasteiger partial charge < -0.3 is 9.84 Å². The van der Waals surface area contributed by atoms with Crippen molar-refractivity contribution in [3.05, 3.63) is 0 Å². The number of hydrogen-bond donors (Lipinski definition) is 1. The predicted molar refractivity (Wildman–Crippen MR) is 35.6 cm³/mol. The number of rotatable bonds is 4. The van der Waals surface area contributed by atoms with E-state index in [2.05, 4.69) is 4.74 Å². The van der Waals surface area contributed by atoms with Gasteiger partial charge in [0.2, 0.25) is 0 Å². The summed E-state index contributed by atoms with van der Waals surface area (Å²) in [4.78, 5) is 0. The first-order valence-electron chi connectivity index (χ1n) is 3.60. The third kappa shape index (κ3) is 1.68. The van der Waals surface area contributed by atoms with Gasteiger partial charge >= 0.3 is 0 Å². The molecule has 1 aliphatic carbocycles. The normalized spacial score (nSPS) is 23.7. The van der Waals surface area contributed by atoms with Gasteiger partial charge in [-0.25, -0.2) is 8.78 Å². The average molecular weight is 166 g/mol. The molecule has 0 heterocycles. The van der Waals surface area contributed by atoms with Crippen LogP contribution in [0.2, 0.25) is 0 Å². The number of methoxy groups -OCH3 is 1. The number of alkyl halides is 2. The summed E-state index contributed by atoms with van der Waals surface area (Å²) >= 11 is 0. The minimum Gasteiger partial charge on any atom is -0.381 e. The molecule has 66 valence electrons. The molecule has 1 rings (SSSR count). The lowest BCUT2D eigenvalue weighted by atomic mass is 10.00. The fourth-order valence-corrected chi connectivity index (χ4v) is 1.17. The Morgan fingerprint density at radius 2 is 2.18 bits per heavy atom. The summed E-state index contributed by atoms with van der Waals surface area (Å²) in [7, 11) is 1.32. The predicted octanol–water partition coefficient (Wildman–Crippen LogP) is 1.04. The number of hydrogen-bond acceptors (Lipinski definition) is 2. The van der Waals surface area contributed by atoms with E-state index in [9.17, 15) is 13.9 Å². The van der Waals surface area contributed by atoms with E-state index in [1.165, 1.54) is 7.11 Å². The molecule has 0 amide bonds. The Morgan fingerprint density at radius 3 is 2.45 bits per heavy atom. The topological polar surface area (TPSA) is 29.5 Å². The summed E-state index contributed by atoms with van der Waals surface area (Å²) in [5.41, 5.74) is -1.89. The molecule has 0 aromatic rings. The summed E-state index contributed by atoms with van der Waals surface area (Å²) in [6, 6.07) is 0. The first-order chi connectivity index (χ1) is 5.11. The Bertz CT molecular complexity index is 132. The maximum atomic E-state index is 12.2. The highest BCUT2D eigenvalue weighted by molar-refractivity contribution is 4.96. The van der Waals surface area contributed by atoms with Crippen LogP contribution in [0.4, 0.5) is 8.78 Å². The molecule has 1 N–H and O–H groups in total. The molecule has 0 radical (unpaired) electrons. The van der Waals surface area contributed by atoms with Crippen LogP contribution in [-0.4, -0.2) is 30.8 Å². The molecule has 0 aromatic heterocycles. The van der Waals surface area contributed by atoms with Crippen molar-refractivity contribution in [1.29, 1.82) is 0 Å². The third-order valence-electron chi connectivity index (χ3n) is 2.04. The summed E-state index contributed by atoms with van der Waals surface area (Å²) in [5.74, 6) is -0.262. The molecule has 1 aliphatic rings.